The van der Waals surface area contributed by atoms with Crippen LogP contribution >= 0.6 is 7.92 Å². The molecule has 0 spiro atoms. The molecule has 70 valence electrons. The summed E-state index contributed by atoms with van der Waals surface area (Å²) in [4.78, 5) is 15.5. The fraction of sp³-hybridized carbons (Fsp3) is 0.714. The molecule has 0 bridgehead atoms. The zero-order chi connectivity index (χ0) is 9.56. The van der Waals surface area contributed by atoms with Crippen molar-refractivity contribution in [3.05, 3.63) is 0 Å². The van der Waals surface area contributed by atoms with Gasteiger partial charge in [0.1, 0.15) is 7.11 Å². The molecule has 0 saturated carbocycles. The van der Waals surface area contributed by atoms with E-state index >= 15 is 0 Å². The molecule has 0 atom stereocenters. The van der Waals surface area contributed by atoms with Gasteiger partial charge in [0.25, 0.3) is 0 Å². The van der Waals surface area contributed by atoms with Crippen LogP contribution in [0.25, 0.3) is 0 Å². The van der Waals surface area contributed by atoms with Gasteiger partial charge in [-0.1, -0.05) is 5.16 Å². The number of rotatable bonds is 4. The van der Waals surface area contributed by atoms with E-state index in [1.165, 1.54) is 14.2 Å². The second kappa shape index (κ2) is 5.95. The normalized spacial score (nSPS) is 11.6. The summed E-state index contributed by atoms with van der Waals surface area (Å²) in [7, 11) is 2.55. The first kappa shape index (κ1) is 11.4. The molecule has 0 rings (SSSR count). The molecule has 4 nitrogen and oxygen atoms in total. The number of esters is 1. The van der Waals surface area contributed by atoms with Crippen LogP contribution in [0.1, 0.15) is 0 Å². The second-order valence-electron chi connectivity index (χ2n) is 2.45. The van der Waals surface area contributed by atoms with Crippen LogP contribution in [0.3, 0.4) is 0 Å². The molecule has 0 fully saturated rings. The summed E-state index contributed by atoms with van der Waals surface area (Å²) in [5, 5.41) is 3.59. The third-order valence-electron chi connectivity index (χ3n) is 1.09. The number of methoxy groups -OCH3 is 1. The molecule has 5 heteroatoms. The number of hydrogen-bond donors (Lipinski definition) is 0. The van der Waals surface area contributed by atoms with Gasteiger partial charge in [-0.2, -0.15) is 0 Å². The number of ether oxygens (including phenoxy) is 1. The number of hydrogen-bond acceptors (Lipinski definition) is 4. The van der Waals surface area contributed by atoms with Crippen molar-refractivity contribution in [2.24, 2.45) is 5.16 Å². The van der Waals surface area contributed by atoms with Gasteiger partial charge < -0.3 is 9.57 Å². The van der Waals surface area contributed by atoms with Crippen LogP contribution in [-0.2, 0) is 14.4 Å². The standard InChI is InChI=1S/C7H14NO3P/c1-10-7(9)6(8-11-2)5-12(3)4/h5H2,1-4H3. The van der Waals surface area contributed by atoms with Crippen LogP contribution in [-0.4, -0.2) is 45.4 Å². The van der Waals surface area contributed by atoms with E-state index in [1.54, 1.807) is 0 Å². The van der Waals surface area contributed by atoms with Gasteiger partial charge in [-0.15, -0.1) is 7.92 Å². The Balaban J connectivity index is 4.24. The Morgan fingerprint density at radius 1 is 1.42 bits per heavy atom. The average Bonchev–Trinajstić information content (AvgIpc) is 2.01. The number of oxime groups is 1. The first-order valence-electron chi connectivity index (χ1n) is 3.45. The first-order valence-corrected chi connectivity index (χ1v) is 5.87. The molecule has 0 aromatic carbocycles. The first-order chi connectivity index (χ1) is 5.61. The van der Waals surface area contributed by atoms with E-state index in [0.717, 1.165) is 0 Å². The molecule has 0 heterocycles. The van der Waals surface area contributed by atoms with Crippen LogP contribution in [0, 0.1) is 0 Å². The largest absolute Gasteiger partial charge is 0.464 e. The van der Waals surface area contributed by atoms with E-state index in [9.17, 15) is 4.79 Å². The molecule has 0 amide bonds. The van der Waals surface area contributed by atoms with Gasteiger partial charge in [0.15, 0.2) is 5.71 Å². The summed E-state index contributed by atoms with van der Waals surface area (Å²) >= 11 is 0. The molecule has 0 aliphatic carbocycles. The van der Waals surface area contributed by atoms with Crippen molar-refractivity contribution >= 4 is 19.6 Å². The van der Waals surface area contributed by atoms with Gasteiger partial charge in [0.2, 0.25) is 0 Å². The highest BCUT2D eigenvalue weighted by atomic mass is 31.1. The monoisotopic (exact) mass is 191 g/mol. The maximum absolute atomic E-state index is 11.0. The number of carbonyl (C=O) groups excluding carboxylic acids is 1. The summed E-state index contributed by atoms with van der Waals surface area (Å²) in [6.07, 6.45) is 0.635. The van der Waals surface area contributed by atoms with Crippen LogP contribution in [0.5, 0.6) is 0 Å². The zero-order valence-electron chi connectivity index (χ0n) is 7.83. The molecule has 0 N–H and O–H groups in total. The highest BCUT2D eigenvalue weighted by Crippen LogP contribution is 2.24. The van der Waals surface area contributed by atoms with Crippen molar-refractivity contribution in [2.45, 2.75) is 0 Å². The van der Waals surface area contributed by atoms with E-state index in [2.05, 4.69) is 28.1 Å². The molecule has 0 aromatic heterocycles. The van der Waals surface area contributed by atoms with Crippen LogP contribution in [0.4, 0.5) is 0 Å². The van der Waals surface area contributed by atoms with Crippen LogP contribution in [0.15, 0.2) is 5.16 Å². The topological polar surface area (TPSA) is 47.9 Å². The third kappa shape index (κ3) is 4.29. The number of nitrogens with zero attached hydrogens (tertiary/aromatic N) is 1. The van der Waals surface area contributed by atoms with Crippen molar-refractivity contribution in [3.63, 3.8) is 0 Å². The Morgan fingerprint density at radius 3 is 2.33 bits per heavy atom. The summed E-state index contributed by atoms with van der Waals surface area (Å²) in [6.45, 7) is 4.12. The van der Waals surface area contributed by atoms with Gasteiger partial charge in [0, 0.05) is 6.16 Å². The minimum absolute atomic E-state index is 0.201. The number of carbonyl (C=O) groups is 1. The van der Waals surface area contributed by atoms with Crippen LogP contribution < -0.4 is 0 Å². The predicted octanol–water partition coefficient (Wildman–Crippen LogP) is 0.903. The summed E-state index contributed by atoms with van der Waals surface area (Å²) in [5.74, 6) is -0.409. The van der Waals surface area contributed by atoms with Crippen molar-refractivity contribution < 1.29 is 14.4 Å². The molecule has 0 unspecified atom stereocenters. The fourth-order valence-electron chi connectivity index (χ4n) is 0.658. The Hall–Kier alpha value is -0.630. The van der Waals surface area contributed by atoms with Crippen molar-refractivity contribution in [2.75, 3.05) is 33.7 Å². The average molecular weight is 191 g/mol. The van der Waals surface area contributed by atoms with E-state index in [1.807, 2.05) is 0 Å². The van der Waals surface area contributed by atoms with E-state index in [4.69, 9.17) is 0 Å². The van der Waals surface area contributed by atoms with Gasteiger partial charge in [-0.25, -0.2) is 4.79 Å². The summed E-state index contributed by atoms with van der Waals surface area (Å²) in [5.41, 5.74) is 0.358. The van der Waals surface area contributed by atoms with Crippen LogP contribution in [0.2, 0.25) is 0 Å². The molecule has 0 aliphatic rings. The van der Waals surface area contributed by atoms with Gasteiger partial charge in [0.05, 0.1) is 7.11 Å². The lowest BCUT2D eigenvalue weighted by atomic mass is 10.4. The molecule has 0 aromatic rings. The predicted molar refractivity (Wildman–Crippen MR) is 50.1 cm³/mol. The third-order valence-corrected chi connectivity index (χ3v) is 2.02. The second-order valence-corrected chi connectivity index (χ2v) is 4.93. The molecule has 0 aliphatic heterocycles. The lowest BCUT2D eigenvalue weighted by molar-refractivity contribution is -0.132. The van der Waals surface area contributed by atoms with Crippen molar-refractivity contribution in [1.29, 1.82) is 0 Å². The quantitative estimate of drug-likeness (QED) is 0.287. The van der Waals surface area contributed by atoms with Gasteiger partial charge in [-0.05, 0) is 13.3 Å². The Kier molecular flexibility index (Phi) is 5.64. The molecule has 0 saturated heterocycles. The van der Waals surface area contributed by atoms with Gasteiger partial charge >= 0.3 is 5.97 Å². The zero-order valence-corrected chi connectivity index (χ0v) is 8.72. The van der Waals surface area contributed by atoms with Gasteiger partial charge in [-0.3, -0.25) is 0 Å². The Labute approximate surface area is 73.7 Å². The highest BCUT2D eigenvalue weighted by Gasteiger charge is 2.13. The summed E-state index contributed by atoms with van der Waals surface area (Å²) < 4.78 is 4.53. The summed E-state index contributed by atoms with van der Waals surface area (Å²) in [6, 6.07) is 0. The fourth-order valence-corrected chi connectivity index (χ4v) is 1.44. The Bertz CT molecular complexity index is 179. The molecular weight excluding hydrogens is 177 g/mol. The van der Waals surface area contributed by atoms with Crippen molar-refractivity contribution in [1.82, 2.24) is 0 Å². The van der Waals surface area contributed by atoms with Crippen molar-refractivity contribution in [3.8, 4) is 0 Å². The minimum Gasteiger partial charge on any atom is -0.464 e. The van der Waals surface area contributed by atoms with E-state index in [0.29, 0.717) is 11.9 Å². The highest BCUT2D eigenvalue weighted by molar-refractivity contribution is 7.57. The Morgan fingerprint density at radius 2 is 2.00 bits per heavy atom. The lowest BCUT2D eigenvalue weighted by Gasteiger charge is -2.05. The minimum atomic E-state index is -0.409. The maximum atomic E-state index is 11.0. The van der Waals surface area contributed by atoms with E-state index < -0.39 is 5.97 Å². The van der Waals surface area contributed by atoms with E-state index in [-0.39, 0.29) is 7.92 Å². The molecule has 12 heavy (non-hydrogen) atoms. The lowest BCUT2D eigenvalue weighted by Crippen LogP contribution is -2.19. The molecular formula is C7H14NO3P. The SMILES string of the molecule is CON=C(CP(C)C)C(=O)OC. The maximum Gasteiger partial charge on any atom is 0.356 e. The molecule has 0 radical (unpaired) electrons. The smallest absolute Gasteiger partial charge is 0.356 e.